The second kappa shape index (κ2) is 3.46. The van der Waals surface area contributed by atoms with Crippen LogP contribution in [0.4, 0.5) is 0 Å². The lowest BCUT2D eigenvalue weighted by Gasteiger charge is -2.01. The van der Waals surface area contributed by atoms with Gasteiger partial charge in [0.05, 0.1) is 0 Å². The summed E-state index contributed by atoms with van der Waals surface area (Å²) in [7, 11) is 0. The van der Waals surface area contributed by atoms with E-state index in [1.165, 1.54) is 5.39 Å². The Bertz CT molecular complexity index is 463. The smallest absolute Gasteiger partial charge is 0.151 e. The van der Waals surface area contributed by atoms with Crippen LogP contribution in [-0.4, -0.2) is 6.29 Å². The molecule has 0 aliphatic heterocycles. The summed E-state index contributed by atoms with van der Waals surface area (Å²) in [4.78, 5) is 10.7. The fourth-order valence-electron chi connectivity index (χ4n) is 1.34. The fourth-order valence-corrected chi connectivity index (χ4v) is 2.14. The molecule has 0 aromatic heterocycles. The Kier molecular flexibility index (Phi) is 2.31. The zero-order valence-corrected chi connectivity index (χ0v) is 8.99. The Balaban J connectivity index is 2.86. The first-order valence-corrected chi connectivity index (χ1v) is 5.03. The van der Waals surface area contributed by atoms with Gasteiger partial charge in [-0.05, 0) is 39.4 Å². The van der Waals surface area contributed by atoms with Crippen molar-refractivity contribution >= 4 is 39.6 Å². The molecule has 2 aromatic carbocycles. The molecule has 2 rings (SSSR count). The Morgan fingerprint density at radius 1 is 1.08 bits per heavy atom. The molecule has 0 aliphatic rings. The molecule has 0 saturated heterocycles. The molecule has 0 unspecified atom stereocenters. The average Bonchev–Trinajstić information content (AvgIpc) is 2.19. The quantitative estimate of drug-likeness (QED) is 0.579. The van der Waals surface area contributed by atoms with E-state index in [0.717, 1.165) is 20.8 Å². The zero-order chi connectivity index (χ0) is 9.26. The molecule has 1 nitrogen and oxygen atoms in total. The molecule has 0 saturated carbocycles. The maximum atomic E-state index is 10.7. The number of aldehydes is 1. The molecule has 0 radical (unpaired) electrons. The van der Waals surface area contributed by atoms with E-state index in [1.807, 2.05) is 36.4 Å². The van der Waals surface area contributed by atoms with Gasteiger partial charge < -0.3 is 0 Å². The maximum absolute atomic E-state index is 10.7. The van der Waals surface area contributed by atoms with Crippen molar-refractivity contribution in [2.45, 2.75) is 0 Å². The van der Waals surface area contributed by atoms with E-state index in [0.29, 0.717) is 0 Å². The summed E-state index contributed by atoms with van der Waals surface area (Å²) in [5, 5.41) is 2.32. The summed E-state index contributed by atoms with van der Waals surface area (Å²) in [6.07, 6.45) is 0.897. The molecule has 0 aliphatic carbocycles. The second-order valence-corrected chi connectivity index (χ2v) is 3.89. The molecule has 0 amide bonds. The molecule has 0 N–H and O–H groups in total. The highest BCUT2D eigenvalue weighted by Gasteiger charge is 2.02. The topological polar surface area (TPSA) is 17.1 Å². The van der Waals surface area contributed by atoms with Gasteiger partial charge in [-0.1, -0.05) is 30.3 Å². The SMILES string of the molecule is O=Cc1ccc2ccccc2c1I. The summed E-state index contributed by atoms with van der Waals surface area (Å²) < 4.78 is 1.03. The third-order valence-corrected chi connectivity index (χ3v) is 3.22. The monoisotopic (exact) mass is 282 g/mol. The molecule has 2 aromatic rings. The second-order valence-electron chi connectivity index (χ2n) is 2.81. The number of hydrogen-bond donors (Lipinski definition) is 0. The van der Waals surface area contributed by atoms with Gasteiger partial charge in [0.15, 0.2) is 6.29 Å². The normalized spacial score (nSPS) is 10.2. The van der Waals surface area contributed by atoms with Gasteiger partial charge in [-0.2, -0.15) is 0 Å². The third kappa shape index (κ3) is 1.46. The van der Waals surface area contributed by atoms with E-state index in [1.54, 1.807) is 0 Å². The lowest BCUT2D eigenvalue weighted by Crippen LogP contribution is -1.86. The van der Waals surface area contributed by atoms with Gasteiger partial charge in [-0.25, -0.2) is 0 Å². The average molecular weight is 282 g/mol. The first-order valence-electron chi connectivity index (χ1n) is 3.95. The lowest BCUT2D eigenvalue weighted by atomic mass is 10.1. The van der Waals surface area contributed by atoms with Crippen molar-refractivity contribution in [1.82, 2.24) is 0 Å². The van der Waals surface area contributed by atoms with Crippen LogP contribution in [0.3, 0.4) is 0 Å². The molecule has 0 fully saturated rings. The zero-order valence-electron chi connectivity index (χ0n) is 6.83. The van der Waals surface area contributed by atoms with E-state index >= 15 is 0 Å². The van der Waals surface area contributed by atoms with E-state index in [2.05, 4.69) is 22.6 Å². The number of fused-ring (bicyclic) bond motifs is 1. The standard InChI is InChI=1S/C11H7IO/c12-11-9(7-13)6-5-8-3-1-2-4-10(8)11/h1-7H. The Hall–Kier alpha value is -0.900. The Labute approximate surface area is 89.9 Å². The molecular formula is C11H7IO. The maximum Gasteiger partial charge on any atom is 0.151 e. The van der Waals surface area contributed by atoms with E-state index in [9.17, 15) is 4.79 Å². The highest BCUT2D eigenvalue weighted by molar-refractivity contribution is 14.1. The molecular weight excluding hydrogens is 275 g/mol. The first kappa shape index (κ1) is 8.69. The van der Waals surface area contributed by atoms with E-state index in [4.69, 9.17) is 0 Å². The lowest BCUT2D eigenvalue weighted by molar-refractivity contribution is 0.112. The van der Waals surface area contributed by atoms with Crippen LogP contribution in [0.1, 0.15) is 10.4 Å². The highest BCUT2D eigenvalue weighted by atomic mass is 127. The van der Waals surface area contributed by atoms with Crippen LogP contribution in [0, 0.1) is 3.57 Å². The van der Waals surface area contributed by atoms with Gasteiger partial charge in [0.2, 0.25) is 0 Å². The molecule has 13 heavy (non-hydrogen) atoms. The molecule has 0 spiro atoms. The van der Waals surface area contributed by atoms with E-state index in [-0.39, 0.29) is 0 Å². The summed E-state index contributed by atoms with van der Waals surface area (Å²) >= 11 is 2.21. The number of hydrogen-bond acceptors (Lipinski definition) is 1. The predicted molar refractivity (Wildman–Crippen MR) is 62.1 cm³/mol. The van der Waals surface area contributed by atoms with Crippen molar-refractivity contribution < 1.29 is 4.79 Å². The van der Waals surface area contributed by atoms with Crippen LogP contribution in [0.15, 0.2) is 36.4 Å². The van der Waals surface area contributed by atoms with Gasteiger partial charge in [-0.15, -0.1) is 0 Å². The van der Waals surface area contributed by atoms with Crippen LogP contribution in [0.5, 0.6) is 0 Å². The third-order valence-electron chi connectivity index (χ3n) is 2.02. The number of rotatable bonds is 1. The van der Waals surface area contributed by atoms with Crippen LogP contribution in [0.2, 0.25) is 0 Å². The molecule has 0 bridgehead atoms. The molecule has 64 valence electrons. The van der Waals surface area contributed by atoms with Gasteiger partial charge in [0, 0.05) is 9.13 Å². The number of carbonyl (C=O) groups excluding carboxylic acids is 1. The minimum absolute atomic E-state index is 0.763. The van der Waals surface area contributed by atoms with Crippen molar-refractivity contribution in [3.05, 3.63) is 45.5 Å². The first-order chi connectivity index (χ1) is 6.33. The van der Waals surface area contributed by atoms with Gasteiger partial charge >= 0.3 is 0 Å². The molecule has 0 heterocycles. The van der Waals surface area contributed by atoms with E-state index < -0.39 is 0 Å². The van der Waals surface area contributed by atoms with Crippen LogP contribution in [-0.2, 0) is 0 Å². The van der Waals surface area contributed by atoms with Crippen molar-refractivity contribution in [1.29, 1.82) is 0 Å². The number of benzene rings is 2. The van der Waals surface area contributed by atoms with Crippen molar-refractivity contribution in [2.24, 2.45) is 0 Å². The van der Waals surface area contributed by atoms with Gasteiger partial charge in [0.1, 0.15) is 0 Å². The Morgan fingerprint density at radius 3 is 2.62 bits per heavy atom. The number of carbonyl (C=O) groups is 1. The van der Waals surface area contributed by atoms with Gasteiger partial charge in [0.25, 0.3) is 0 Å². The fraction of sp³-hybridized carbons (Fsp3) is 0. The minimum atomic E-state index is 0.763. The van der Waals surface area contributed by atoms with Crippen molar-refractivity contribution in [3.63, 3.8) is 0 Å². The van der Waals surface area contributed by atoms with Crippen LogP contribution in [0.25, 0.3) is 10.8 Å². The van der Waals surface area contributed by atoms with Crippen LogP contribution >= 0.6 is 22.6 Å². The van der Waals surface area contributed by atoms with Crippen molar-refractivity contribution in [3.8, 4) is 0 Å². The van der Waals surface area contributed by atoms with Crippen molar-refractivity contribution in [2.75, 3.05) is 0 Å². The summed E-state index contributed by atoms with van der Waals surface area (Å²) in [5.41, 5.74) is 0.763. The predicted octanol–water partition coefficient (Wildman–Crippen LogP) is 3.26. The summed E-state index contributed by atoms with van der Waals surface area (Å²) in [6, 6.07) is 11.9. The molecule has 2 heteroatoms. The summed E-state index contributed by atoms with van der Waals surface area (Å²) in [6.45, 7) is 0. The summed E-state index contributed by atoms with van der Waals surface area (Å²) in [5.74, 6) is 0. The van der Waals surface area contributed by atoms with Gasteiger partial charge in [-0.3, -0.25) is 4.79 Å². The molecule has 0 atom stereocenters. The highest BCUT2D eigenvalue weighted by Crippen LogP contribution is 2.22. The Morgan fingerprint density at radius 2 is 1.85 bits per heavy atom. The number of halogens is 1. The largest absolute Gasteiger partial charge is 0.298 e. The van der Waals surface area contributed by atoms with Crippen LogP contribution < -0.4 is 0 Å². The minimum Gasteiger partial charge on any atom is -0.298 e.